The summed E-state index contributed by atoms with van der Waals surface area (Å²) in [6.07, 6.45) is 3.86. The third kappa shape index (κ3) is 7.62. The number of fused-ring (bicyclic) bond motifs is 12. The van der Waals surface area contributed by atoms with Crippen LogP contribution in [0.2, 0.25) is 0 Å². The van der Waals surface area contributed by atoms with Crippen molar-refractivity contribution in [3.05, 3.63) is 316 Å². The SMILES string of the molecule is c1cc(-c2nc(-c3cccc(-n4c5ccccc5c5ccccc54)c3)c(-c3cccc(-n4c5ccccc5c5ccccc54)c3)c(-c3ccncc3)c2-c2cccc(-n3c4ccccc4c4ccccc43)c2)cc(-n2c3ccccc3c3ccccc32)c1. The summed E-state index contributed by atoms with van der Waals surface area (Å²) in [7, 11) is 0. The maximum absolute atomic E-state index is 6.28. The Hall–Kier alpha value is -11.9. The fourth-order valence-electron chi connectivity index (χ4n) is 14.4. The van der Waals surface area contributed by atoms with Crippen LogP contribution in [0.3, 0.4) is 0 Å². The first-order chi connectivity index (χ1) is 43.7. The average Bonchev–Trinajstić information content (AvgIpc) is 1.22. The van der Waals surface area contributed by atoms with Crippen LogP contribution in [0, 0.1) is 0 Å². The van der Waals surface area contributed by atoms with Crippen molar-refractivity contribution < 1.29 is 0 Å². The van der Waals surface area contributed by atoms with E-state index in [2.05, 4.69) is 322 Å². The van der Waals surface area contributed by atoms with E-state index in [0.29, 0.717) is 0 Å². The van der Waals surface area contributed by atoms with Gasteiger partial charge in [-0.2, -0.15) is 0 Å². The third-order valence-corrected chi connectivity index (χ3v) is 18.0. The fraction of sp³-hybridized carbons (Fsp3) is 0. The largest absolute Gasteiger partial charge is 0.309 e. The molecule has 0 fully saturated rings. The van der Waals surface area contributed by atoms with Crippen LogP contribution in [-0.4, -0.2) is 28.2 Å². The van der Waals surface area contributed by atoms with Crippen LogP contribution in [0.1, 0.15) is 0 Å². The van der Waals surface area contributed by atoms with Crippen LogP contribution in [0.5, 0.6) is 0 Å². The maximum Gasteiger partial charge on any atom is 0.0795 e. The van der Waals surface area contributed by atoms with E-state index in [1.165, 1.54) is 43.1 Å². The van der Waals surface area contributed by atoms with Gasteiger partial charge in [-0.1, -0.05) is 194 Å². The lowest BCUT2D eigenvalue weighted by Gasteiger charge is -2.24. The Labute approximate surface area is 507 Å². The van der Waals surface area contributed by atoms with E-state index >= 15 is 0 Å². The van der Waals surface area contributed by atoms with Crippen molar-refractivity contribution in [3.63, 3.8) is 0 Å². The quantitative estimate of drug-likeness (QED) is 0.145. The standard InChI is InChI=1S/C82H52N6/c1-9-37-70-62(29-1)63-30-2-10-38-71(63)85(70)58-25-17-21-54(49-58)79-78(53-45-47-83-48-46-53)80(55-22-18-26-59(50-55)86-72-39-11-3-31-64(72)65-32-4-12-40-73(65)86)82(57-24-20-28-61(52-57)88-76-43-15-7-35-68(76)69-36-8-16-44-77(69)88)84-81(79)56-23-19-27-60(51-56)87-74-41-13-5-33-66(74)67-34-6-14-42-75(67)87/h1-52H. The summed E-state index contributed by atoms with van der Waals surface area (Å²) < 4.78 is 9.65. The van der Waals surface area contributed by atoms with Gasteiger partial charge in [0.15, 0.2) is 0 Å². The van der Waals surface area contributed by atoms with E-state index in [4.69, 9.17) is 9.97 Å². The van der Waals surface area contributed by atoms with Gasteiger partial charge in [-0.05, 0) is 126 Å². The number of hydrogen-bond donors (Lipinski definition) is 0. The predicted molar refractivity (Wildman–Crippen MR) is 367 cm³/mol. The van der Waals surface area contributed by atoms with E-state index in [9.17, 15) is 0 Å². The molecule has 0 amide bonds. The van der Waals surface area contributed by atoms with Gasteiger partial charge >= 0.3 is 0 Å². The molecule has 0 unspecified atom stereocenters. The van der Waals surface area contributed by atoms with E-state index in [-0.39, 0.29) is 0 Å². The van der Waals surface area contributed by atoms with E-state index in [1.807, 2.05) is 12.4 Å². The van der Waals surface area contributed by atoms with Crippen LogP contribution in [0.4, 0.5) is 0 Å². The van der Waals surface area contributed by atoms with Gasteiger partial charge in [0.25, 0.3) is 0 Å². The first-order valence-electron chi connectivity index (χ1n) is 30.0. The van der Waals surface area contributed by atoms with Gasteiger partial charge in [0.2, 0.25) is 0 Å². The smallest absolute Gasteiger partial charge is 0.0795 e. The summed E-state index contributed by atoms with van der Waals surface area (Å²) in [5, 5.41) is 9.69. The van der Waals surface area contributed by atoms with Crippen molar-refractivity contribution in [2.45, 2.75) is 0 Å². The second kappa shape index (κ2) is 19.9. The van der Waals surface area contributed by atoms with E-state index in [1.54, 1.807) is 0 Å². The van der Waals surface area contributed by atoms with Crippen LogP contribution in [0.15, 0.2) is 316 Å². The predicted octanol–water partition coefficient (Wildman–Crippen LogP) is 21.2. The molecule has 18 aromatic rings. The molecule has 0 radical (unpaired) electrons. The van der Waals surface area contributed by atoms with Crippen molar-refractivity contribution in [2.75, 3.05) is 0 Å². The molecule has 88 heavy (non-hydrogen) atoms. The molecule has 0 atom stereocenters. The first-order valence-corrected chi connectivity index (χ1v) is 30.0. The summed E-state index contributed by atoms with van der Waals surface area (Å²) in [6, 6.07) is 111. The van der Waals surface area contributed by atoms with Crippen molar-refractivity contribution in [1.82, 2.24) is 28.2 Å². The zero-order valence-corrected chi connectivity index (χ0v) is 47.7. The molecule has 18 rings (SSSR count). The van der Waals surface area contributed by atoms with Crippen LogP contribution >= 0.6 is 0 Å². The van der Waals surface area contributed by atoms with Gasteiger partial charge < -0.3 is 18.3 Å². The highest BCUT2D eigenvalue weighted by Crippen LogP contribution is 2.51. The summed E-state index contributed by atoms with van der Waals surface area (Å²) in [6.45, 7) is 0. The summed E-state index contributed by atoms with van der Waals surface area (Å²) >= 11 is 0. The Balaban J connectivity index is 0.983. The van der Waals surface area contributed by atoms with Crippen molar-refractivity contribution >= 4 is 87.2 Å². The summed E-state index contributed by atoms with van der Waals surface area (Å²) in [4.78, 5) is 11.0. The van der Waals surface area contributed by atoms with Crippen LogP contribution in [-0.2, 0) is 0 Å². The zero-order chi connectivity index (χ0) is 57.8. The lowest BCUT2D eigenvalue weighted by Crippen LogP contribution is -2.04. The molecule has 410 valence electrons. The number of nitrogens with zero attached hydrogens (tertiary/aromatic N) is 6. The molecule has 0 aliphatic heterocycles. The number of pyridine rings is 2. The Kier molecular flexibility index (Phi) is 11.2. The second-order valence-corrected chi connectivity index (χ2v) is 22.9. The molecule has 0 saturated carbocycles. The summed E-state index contributed by atoms with van der Waals surface area (Å²) in [5.41, 5.74) is 23.2. The lowest BCUT2D eigenvalue weighted by molar-refractivity contribution is 1.17. The van der Waals surface area contributed by atoms with Gasteiger partial charge in [-0.3, -0.25) is 4.98 Å². The number of para-hydroxylation sites is 8. The normalized spacial score (nSPS) is 11.9. The molecule has 12 aromatic carbocycles. The molecule has 6 heteroatoms. The Morgan fingerprint density at radius 3 is 0.705 bits per heavy atom. The lowest BCUT2D eigenvalue weighted by atomic mass is 9.83. The maximum atomic E-state index is 6.28. The van der Waals surface area contributed by atoms with Crippen LogP contribution in [0.25, 0.3) is 166 Å². The van der Waals surface area contributed by atoms with Gasteiger partial charge in [-0.15, -0.1) is 0 Å². The molecule has 0 aliphatic carbocycles. The molecule has 6 nitrogen and oxygen atoms in total. The Morgan fingerprint density at radius 2 is 0.432 bits per heavy atom. The molecule has 0 bridgehead atoms. The number of hydrogen-bond acceptors (Lipinski definition) is 2. The number of benzene rings is 12. The van der Waals surface area contributed by atoms with Gasteiger partial charge in [-0.25, -0.2) is 4.98 Å². The molecular formula is C82H52N6. The third-order valence-electron chi connectivity index (χ3n) is 18.0. The highest BCUT2D eigenvalue weighted by Gasteiger charge is 2.28. The van der Waals surface area contributed by atoms with E-state index in [0.717, 1.165) is 123 Å². The monoisotopic (exact) mass is 1120 g/mol. The summed E-state index contributed by atoms with van der Waals surface area (Å²) in [5.74, 6) is 0. The highest BCUT2D eigenvalue weighted by atomic mass is 15.0. The number of rotatable bonds is 9. The van der Waals surface area contributed by atoms with Gasteiger partial charge in [0.1, 0.15) is 0 Å². The molecular weight excluding hydrogens is 1070 g/mol. The molecule has 0 spiro atoms. The average molecular weight is 1120 g/mol. The van der Waals surface area contributed by atoms with Crippen molar-refractivity contribution in [2.24, 2.45) is 0 Å². The highest BCUT2D eigenvalue weighted by molar-refractivity contribution is 6.13. The second-order valence-electron chi connectivity index (χ2n) is 22.9. The molecule has 0 aliphatic rings. The van der Waals surface area contributed by atoms with E-state index < -0.39 is 0 Å². The van der Waals surface area contributed by atoms with Crippen LogP contribution < -0.4 is 0 Å². The Bertz CT molecular complexity index is 5290. The Morgan fingerprint density at radius 1 is 0.193 bits per heavy atom. The zero-order valence-electron chi connectivity index (χ0n) is 47.7. The fourth-order valence-corrected chi connectivity index (χ4v) is 14.4. The van der Waals surface area contributed by atoms with Gasteiger partial charge in [0, 0.05) is 106 Å². The molecule has 0 N–H and O–H groups in total. The first kappa shape index (κ1) is 49.6. The minimum atomic E-state index is 0.855. The van der Waals surface area contributed by atoms with Crippen molar-refractivity contribution in [1.29, 1.82) is 0 Å². The number of aromatic nitrogens is 6. The molecule has 6 heterocycles. The molecule has 6 aromatic heterocycles. The topological polar surface area (TPSA) is 45.5 Å². The minimum absolute atomic E-state index is 0.855. The minimum Gasteiger partial charge on any atom is -0.309 e. The molecule has 0 saturated heterocycles. The van der Waals surface area contributed by atoms with Gasteiger partial charge in [0.05, 0.1) is 55.5 Å². The van der Waals surface area contributed by atoms with Crippen molar-refractivity contribution in [3.8, 4) is 78.6 Å².